The quantitative estimate of drug-likeness (QED) is 0.443. The molecule has 0 bridgehead atoms. The largest absolute Gasteiger partial charge is 0.320 e. The summed E-state index contributed by atoms with van der Waals surface area (Å²) < 4.78 is 0. The summed E-state index contributed by atoms with van der Waals surface area (Å²) in [7, 11) is 2.04. The van der Waals surface area contributed by atoms with E-state index in [0.29, 0.717) is 0 Å². The number of halogens is 1. The van der Waals surface area contributed by atoms with Gasteiger partial charge in [-0.05, 0) is 26.6 Å². The maximum absolute atomic E-state index is 8.57. The summed E-state index contributed by atoms with van der Waals surface area (Å²) in [5.74, 6) is 1.25. The van der Waals surface area contributed by atoms with E-state index in [1.165, 1.54) is 76.7 Å². The Morgan fingerprint density at radius 3 is 1.56 bits per heavy atom. The first-order valence-corrected chi connectivity index (χ1v) is 7.12. The maximum Gasteiger partial charge on any atom is 0.116 e. The van der Waals surface area contributed by atoms with Crippen molar-refractivity contribution in [3.63, 3.8) is 0 Å². The van der Waals surface area contributed by atoms with Gasteiger partial charge in [-0.2, -0.15) is 0 Å². The van der Waals surface area contributed by atoms with Gasteiger partial charge < -0.3 is 5.32 Å². The molecule has 0 aromatic rings. The fourth-order valence-electron chi connectivity index (χ4n) is 1.79. The molecule has 0 spiro atoms. The minimum absolute atomic E-state index is 0. The van der Waals surface area contributed by atoms with Crippen molar-refractivity contribution >= 4 is 18.3 Å². The Morgan fingerprint density at radius 2 is 1.22 bits per heavy atom. The van der Waals surface area contributed by atoms with E-state index < -0.39 is 0 Å². The lowest BCUT2D eigenvalue weighted by Crippen LogP contribution is -2.06. The third-order valence-corrected chi connectivity index (χ3v) is 2.78. The first-order valence-electron chi connectivity index (χ1n) is 7.12. The van der Waals surface area contributed by atoms with Crippen molar-refractivity contribution in [2.24, 2.45) is 0 Å². The van der Waals surface area contributed by atoms with Crippen molar-refractivity contribution in [1.82, 2.24) is 5.32 Å². The number of hydrogen-bond acceptors (Lipinski definition) is 2. The molecule has 110 valence electrons. The van der Waals surface area contributed by atoms with Crippen LogP contribution in [0.25, 0.3) is 0 Å². The minimum Gasteiger partial charge on any atom is -0.320 e. The molecular weight excluding hydrogens is 246 g/mol. The average molecular weight is 278 g/mol. The molecular formula is C15H32ClNO. The van der Waals surface area contributed by atoms with Crippen molar-refractivity contribution in [3.8, 4) is 0 Å². The summed E-state index contributed by atoms with van der Waals surface area (Å²) >= 11 is 0. The van der Waals surface area contributed by atoms with Gasteiger partial charge in [0.1, 0.15) is 5.94 Å². The zero-order chi connectivity index (χ0) is 13.2. The van der Waals surface area contributed by atoms with Crippen LogP contribution in [0.3, 0.4) is 0 Å². The van der Waals surface area contributed by atoms with E-state index in [2.05, 4.69) is 18.8 Å². The number of rotatable bonds is 11. The topological polar surface area (TPSA) is 29.1 Å². The molecule has 0 radical (unpaired) electrons. The highest BCUT2D eigenvalue weighted by Gasteiger charge is 1.91. The average Bonchev–Trinajstić information content (AvgIpc) is 2.33. The monoisotopic (exact) mass is 277 g/mol. The van der Waals surface area contributed by atoms with Crippen molar-refractivity contribution in [2.75, 3.05) is 13.6 Å². The minimum atomic E-state index is 0. The fourth-order valence-corrected chi connectivity index (χ4v) is 1.79. The molecule has 0 rings (SSSR count). The Bertz CT molecular complexity index is 145. The predicted molar refractivity (Wildman–Crippen MR) is 84.3 cm³/mol. The second kappa shape index (κ2) is 25.5. The third-order valence-electron chi connectivity index (χ3n) is 2.78. The van der Waals surface area contributed by atoms with E-state index in [4.69, 9.17) is 4.79 Å². The molecule has 3 heteroatoms. The highest BCUT2D eigenvalue weighted by atomic mass is 35.5. The van der Waals surface area contributed by atoms with Crippen LogP contribution < -0.4 is 5.32 Å². The highest BCUT2D eigenvalue weighted by molar-refractivity contribution is 5.85. The zero-order valence-corrected chi connectivity index (χ0v) is 13.1. The smallest absolute Gasteiger partial charge is 0.116 e. The van der Waals surface area contributed by atoms with Gasteiger partial charge in [0.05, 0.1) is 0 Å². The van der Waals surface area contributed by atoms with Crippen molar-refractivity contribution < 1.29 is 4.79 Å². The molecule has 1 N–H and O–H groups in total. The zero-order valence-electron chi connectivity index (χ0n) is 12.3. The number of unbranched alkanes of at least 4 members (excludes halogenated alkanes) is 9. The molecule has 0 aromatic carbocycles. The van der Waals surface area contributed by atoms with Crippen LogP contribution in [0.2, 0.25) is 0 Å². The molecule has 0 heterocycles. The Hall–Kier alpha value is -0.300. The lowest BCUT2D eigenvalue weighted by molar-refractivity contribution is 0.551. The van der Waals surface area contributed by atoms with Gasteiger partial charge in [-0.3, -0.25) is 0 Å². The van der Waals surface area contributed by atoms with Crippen LogP contribution in [0.15, 0.2) is 6.58 Å². The summed E-state index contributed by atoms with van der Waals surface area (Å²) in [5.41, 5.74) is 0. The molecule has 0 aliphatic heterocycles. The van der Waals surface area contributed by atoms with Crippen LogP contribution in [0, 0.1) is 0 Å². The number of carbonyl (C=O) groups excluding carboxylic acids is 1. The molecule has 0 saturated heterocycles. The summed E-state index contributed by atoms with van der Waals surface area (Å²) in [6.45, 7) is 6.15. The Morgan fingerprint density at radius 1 is 0.889 bits per heavy atom. The summed E-state index contributed by atoms with van der Waals surface area (Å²) in [5, 5.41) is 3.19. The van der Waals surface area contributed by atoms with Crippen LogP contribution in [0.5, 0.6) is 0 Å². The SMILES string of the molecule is C=C=O.CCCCCCCCCCCCNC.Cl. The third kappa shape index (κ3) is 29.6. The predicted octanol–water partition coefficient (Wildman–Crippen LogP) is 4.55. The van der Waals surface area contributed by atoms with E-state index in [-0.39, 0.29) is 12.4 Å². The standard InChI is InChI=1S/C13H29N.C2H2O.ClH/c1-3-4-5-6-7-8-9-10-11-12-13-14-2;1-2-3;/h14H,3-13H2,1-2H3;1H2;1H. The maximum atomic E-state index is 8.57. The fraction of sp³-hybridized carbons (Fsp3) is 0.867. The van der Waals surface area contributed by atoms with Gasteiger partial charge in [0.15, 0.2) is 0 Å². The molecule has 0 aliphatic rings. The van der Waals surface area contributed by atoms with Crippen molar-refractivity contribution in [2.45, 2.75) is 71.1 Å². The Kier molecular flexibility index (Phi) is 32.4. The Balaban J connectivity index is -0.000000507. The van der Waals surface area contributed by atoms with Gasteiger partial charge in [-0.1, -0.05) is 64.7 Å². The van der Waals surface area contributed by atoms with Gasteiger partial charge in [-0.25, -0.2) is 4.79 Å². The van der Waals surface area contributed by atoms with Crippen molar-refractivity contribution in [3.05, 3.63) is 6.58 Å². The van der Waals surface area contributed by atoms with Crippen molar-refractivity contribution in [1.29, 1.82) is 0 Å². The lowest BCUT2D eigenvalue weighted by Gasteiger charge is -2.01. The van der Waals surface area contributed by atoms with E-state index in [0.717, 1.165) is 0 Å². The van der Waals surface area contributed by atoms with Crippen LogP contribution in [-0.2, 0) is 4.79 Å². The van der Waals surface area contributed by atoms with Gasteiger partial charge in [-0.15, -0.1) is 12.4 Å². The molecule has 2 nitrogen and oxygen atoms in total. The van der Waals surface area contributed by atoms with Gasteiger partial charge in [0.25, 0.3) is 0 Å². The summed E-state index contributed by atoms with van der Waals surface area (Å²) in [6, 6.07) is 0. The first kappa shape index (κ1) is 22.8. The molecule has 0 saturated carbocycles. The van der Waals surface area contributed by atoms with E-state index in [9.17, 15) is 0 Å². The van der Waals surface area contributed by atoms with Gasteiger partial charge in [0.2, 0.25) is 0 Å². The number of hydrogen-bond donors (Lipinski definition) is 1. The molecule has 0 unspecified atom stereocenters. The Labute approximate surface area is 120 Å². The molecule has 18 heavy (non-hydrogen) atoms. The molecule has 0 atom stereocenters. The summed E-state index contributed by atoms with van der Waals surface area (Å²) in [4.78, 5) is 8.57. The van der Waals surface area contributed by atoms with Crippen LogP contribution in [0.1, 0.15) is 71.1 Å². The second-order valence-electron chi connectivity index (χ2n) is 4.43. The number of nitrogens with one attached hydrogen (secondary N) is 1. The summed E-state index contributed by atoms with van der Waals surface area (Å²) in [6.07, 6.45) is 14.3. The van der Waals surface area contributed by atoms with E-state index >= 15 is 0 Å². The van der Waals surface area contributed by atoms with Crippen LogP contribution >= 0.6 is 12.4 Å². The molecule has 0 amide bonds. The molecule has 0 fully saturated rings. The van der Waals surface area contributed by atoms with E-state index in [1.54, 1.807) is 0 Å². The van der Waals surface area contributed by atoms with Gasteiger partial charge in [0, 0.05) is 0 Å². The first-order chi connectivity index (χ1) is 8.33. The van der Waals surface area contributed by atoms with E-state index in [1.807, 2.05) is 7.05 Å². The lowest BCUT2D eigenvalue weighted by atomic mass is 10.1. The normalized spacial score (nSPS) is 8.78. The van der Waals surface area contributed by atoms with Gasteiger partial charge >= 0.3 is 0 Å². The molecule has 0 aliphatic carbocycles. The second-order valence-corrected chi connectivity index (χ2v) is 4.43. The highest BCUT2D eigenvalue weighted by Crippen LogP contribution is 2.09. The van der Waals surface area contributed by atoms with Crippen LogP contribution in [-0.4, -0.2) is 19.5 Å². The van der Waals surface area contributed by atoms with Crippen LogP contribution in [0.4, 0.5) is 0 Å². The molecule has 0 aromatic heterocycles.